The molecule has 1 saturated heterocycles. The van der Waals surface area contributed by atoms with Crippen LogP contribution in [0.3, 0.4) is 0 Å². The molecular formula is C13H17Cl2F5N2. The highest BCUT2D eigenvalue weighted by molar-refractivity contribution is 5.85. The van der Waals surface area contributed by atoms with Crippen LogP contribution in [0.25, 0.3) is 0 Å². The Morgan fingerprint density at radius 1 is 0.955 bits per heavy atom. The summed E-state index contributed by atoms with van der Waals surface area (Å²) in [6.45, 7) is 2.11. The van der Waals surface area contributed by atoms with Crippen molar-refractivity contribution in [1.29, 1.82) is 0 Å². The largest absolute Gasteiger partial charge is 0.416 e. The molecule has 1 aromatic rings. The average molecular weight is 367 g/mol. The summed E-state index contributed by atoms with van der Waals surface area (Å²) >= 11 is 0. The van der Waals surface area contributed by atoms with Crippen LogP contribution in [0.2, 0.25) is 0 Å². The molecule has 2 nitrogen and oxygen atoms in total. The Kier molecular flexibility index (Phi) is 8.61. The molecule has 22 heavy (non-hydrogen) atoms. The molecule has 1 aromatic carbocycles. The zero-order valence-electron chi connectivity index (χ0n) is 11.4. The Hall–Kier alpha value is -0.630. The molecule has 0 unspecified atom stereocenters. The van der Waals surface area contributed by atoms with Gasteiger partial charge in [0, 0.05) is 26.2 Å². The Labute approximate surface area is 137 Å². The number of halogens is 7. The van der Waals surface area contributed by atoms with Crippen molar-refractivity contribution < 1.29 is 22.0 Å². The van der Waals surface area contributed by atoms with Crippen molar-refractivity contribution in [1.82, 2.24) is 10.2 Å². The van der Waals surface area contributed by atoms with Gasteiger partial charge in [-0.3, -0.25) is 4.90 Å². The summed E-state index contributed by atoms with van der Waals surface area (Å²) in [7, 11) is 0. The van der Waals surface area contributed by atoms with E-state index in [0.717, 1.165) is 24.3 Å². The molecule has 1 fully saturated rings. The standard InChI is InChI=1S/C13H15F5N2.2ClH/c14-12(15)11(20-7-5-19-6-8-20)9-1-3-10(4-2-9)13(16,17)18;;/h1-4,11-12,19H,5-8H2;2*1H/t11-;;/m0../s1. The molecule has 2 rings (SSSR count). The van der Waals surface area contributed by atoms with E-state index in [9.17, 15) is 22.0 Å². The molecule has 0 bridgehead atoms. The molecule has 1 aliphatic heterocycles. The second-order valence-corrected chi connectivity index (χ2v) is 4.69. The third-order valence-corrected chi connectivity index (χ3v) is 3.36. The van der Waals surface area contributed by atoms with E-state index in [4.69, 9.17) is 0 Å². The molecule has 0 aromatic heterocycles. The van der Waals surface area contributed by atoms with E-state index in [1.807, 2.05) is 0 Å². The van der Waals surface area contributed by atoms with Crippen LogP contribution in [-0.2, 0) is 6.18 Å². The number of nitrogens with zero attached hydrogens (tertiary/aromatic N) is 1. The van der Waals surface area contributed by atoms with Crippen molar-refractivity contribution in [3.05, 3.63) is 35.4 Å². The Morgan fingerprint density at radius 2 is 1.45 bits per heavy atom. The summed E-state index contributed by atoms with van der Waals surface area (Å²) in [5, 5.41) is 3.05. The lowest BCUT2D eigenvalue weighted by Gasteiger charge is -2.34. The van der Waals surface area contributed by atoms with Gasteiger partial charge in [0.05, 0.1) is 11.6 Å². The van der Waals surface area contributed by atoms with Gasteiger partial charge in [-0.1, -0.05) is 12.1 Å². The Balaban J connectivity index is 0.00000220. The smallest absolute Gasteiger partial charge is 0.314 e. The van der Waals surface area contributed by atoms with Crippen molar-refractivity contribution in [3.63, 3.8) is 0 Å². The van der Waals surface area contributed by atoms with Crippen LogP contribution in [0, 0.1) is 0 Å². The maximum atomic E-state index is 13.2. The number of benzene rings is 1. The van der Waals surface area contributed by atoms with E-state index in [-0.39, 0.29) is 30.4 Å². The summed E-state index contributed by atoms with van der Waals surface area (Å²) in [6.07, 6.45) is -7.08. The highest BCUT2D eigenvalue weighted by Gasteiger charge is 2.33. The molecule has 1 atom stereocenters. The predicted octanol–water partition coefficient (Wildman–Crippen LogP) is 3.76. The maximum absolute atomic E-state index is 13.2. The molecule has 0 radical (unpaired) electrons. The number of rotatable bonds is 3. The first-order valence-corrected chi connectivity index (χ1v) is 6.29. The maximum Gasteiger partial charge on any atom is 0.416 e. The van der Waals surface area contributed by atoms with Gasteiger partial charge in [0.15, 0.2) is 0 Å². The van der Waals surface area contributed by atoms with Gasteiger partial charge < -0.3 is 5.32 Å². The summed E-state index contributed by atoms with van der Waals surface area (Å²) in [5.41, 5.74) is -0.607. The minimum atomic E-state index is -4.45. The van der Waals surface area contributed by atoms with Crippen molar-refractivity contribution in [3.8, 4) is 0 Å². The number of piperazine rings is 1. The molecule has 1 aliphatic rings. The third kappa shape index (κ3) is 5.22. The lowest BCUT2D eigenvalue weighted by atomic mass is 10.0. The lowest BCUT2D eigenvalue weighted by molar-refractivity contribution is -0.137. The van der Waals surface area contributed by atoms with Gasteiger partial charge in [0.1, 0.15) is 0 Å². The zero-order chi connectivity index (χ0) is 14.8. The molecule has 0 spiro atoms. The minimum Gasteiger partial charge on any atom is -0.314 e. The molecule has 1 N–H and O–H groups in total. The topological polar surface area (TPSA) is 15.3 Å². The first-order valence-electron chi connectivity index (χ1n) is 6.29. The molecule has 128 valence electrons. The van der Waals surface area contributed by atoms with E-state index >= 15 is 0 Å². The first kappa shape index (κ1) is 21.4. The number of hydrogen-bond donors (Lipinski definition) is 1. The van der Waals surface area contributed by atoms with Crippen LogP contribution in [0.15, 0.2) is 24.3 Å². The van der Waals surface area contributed by atoms with Crippen LogP contribution in [0.4, 0.5) is 22.0 Å². The second-order valence-electron chi connectivity index (χ2n) is 4.69. The Morgan fingerprint density at radius 3 is 1.86 bits per heavy atom. The van der Waals surface area contributed by atoms with Gasteiger partial charge in [0.25, 0.3) is 6.43 Å². The van der Waals surface area contributed by atoms with Gasteiger partial charge >= 0.3 is 6.18 Å². The summed E-state index contributed by atoms with van der Waals surface area (Å²) in [5.74, 6) is 0. The van der Waals surface area contributed by atoms with Gasteiger partial charge in [-0.15, -0.1) is 24.8 Å². The molecular weight excluding hydrogens is 350 g/mol. The van der Waals surface area contributed by atoms with Crippen LogP contribution in [0.5, 0.6) is 0 Å². The highest BCUT2D eigenvalue weighted by atomic mass is 35.5. The van der Waals surface area contributed by atoms with Gasteiger partial charge in [-0.25, -0.2) is 8.78 Å². The minimum absolute atomic E-state index is 0. The monoisotopic (exact) mass is 366 g/mol. The average Bonchev–Trinajstić information content (AvgIpc) is 2.39. The van der Waals surface area contributed by atoms with Crippen LogP contribution in [-0.4, -0.2) is 37.5 Å². The number of alkyl halides is 5. The molecule has 0 saturated carbocycles. The lowest BCUT2D eigenvalue weighted by Crippen LogP contribution is -2.46. The number of hydrogen-bond acceptors (Lipinski definition) is 2. The normalized spacial score (nSPS) is 17.5. The molecule has 9 heteroatoms. The van der Waals surface area contributed by atoms with Gasteiger partial charge in [-0.05, 0) is 17.7 Å². The van der Waals surface area contributed by atoms with E-state index in [1.54, 1.807) is 4.90 Å². The van der Waals surface area contributed by atoms with E-state index in [0.29, 0.717) is 26.2 Å². The highest BCUT2D eigenvalue weighted by Crippen LogP contribution is 2.32. The predicted molar refractivity (Wildman–Crippen MR) is 79.1 cm³/mol. The summed E-state index contributed by atoms with van der Waals surface area (Å²) in [4.78, 5) is 1.60. The Bertz CT molecular complexity index is 433. The van der Waals surface area contributed by atoms with E-state index in [1.165, 1.54) is 0 Å². The second kappa shape index (κ2) is 8.86. The first-order chi connectivity index (χ1) is 9.39. The quantitative estimate of drug-likeness (QED) is 0.819. The fourth-order valence-corrected chi connectivity index (χ4v) is 2.35. The van der Waals surface area contributed by atoms with Crippen molar-refractivity contribution in [2.45, 2.75) is 18.6 Å². The molecule has 0 aliphatic carbocycles. The van der Waals surface area contributed by atoms with Crippen LogP contribution < -0.4 is 5.32 Å². The van der Waals surface area contributed by atoms with Gasteiger partial charge in [-0.2, -0.15) is 13.2 Å². The van der Waals surface area contributed by atoms with Crippen LogP contribution >= 0.6 is 24.8 Å². The van der Waals surface area contributed by atoms with E-state index < -0.39 is 24.2 Å². The fraction of sp³-hybridized carbons (Fsp3) is 0.538. The van der Waals surface area contributed by atoms with Crippen molar-refractivity contribution in [2.75, 3.05) is 26.2 Å². The third-order valence-electron chi connectivity index (χ3n) is 3.36. The van der Waals surface area contributed by atoms with Crippen molar-refractivity contribution >= 4 is 24.8 Å². The SMILES string of the molecule is Cl.Cl.FC(F)[C@H](c1ccc(C(F)(F)F)cc1)N1CCNCC1. The molecule has 1 heterocycles. The van der Waals surface area contributed by atoms with E-state index in [2.05, 4.69) is 5.32 Å². The summed E-state index contributed by atoms with van der Waals surface area (Å²) in [6, 6.07) is 2.84. The molecule has 0 amide bonds. The number of nitrogens with one attached hydrogen (secondary N) is 1. The van der Waals surface area contributed by atoms with Crippen LogP contribution in [0.1, 0.15) is 17.2 Å². The summed E-state index contributed by atoms with van der Waals surface area (Å²) < 4.78 is 63.8. The van der Waals surface area contributed by atoms with Crippen molar-refractivity contribution in [2.24, 2.45) is 0 Å². The zero-order valence-corrected chi connectivity index (χ0v) is 13.1. The fourth-order valence-electron chi connectivity index (χ4n) is 2.35. The van der Waals surface area contributed by atoms with Gasteiger partial charge in [0.2, 0.25) is 0 Å².